The zero-order valence-electron chi connectivity index (χ0n) is 12.1. The van der Waals surface area contributed by atoms with Gasteiger partial charge in [-0.1, -0.05) is 31.2 Å². The van der Waals surface area contributed by atoms with Crippen molar-refractivity contribution in [3.8, 4) is 0 Å². The Labute approximate surface area is 117 Å². The van der Waals surface area contributed by atoms with Crippen molar-refractivity contribution in [1.82, 2.24) is 10.2 Å². The van der Waals surface area contributed by atoms with Crippen molar-refractivity contribution >= 4 is 0 Å². The predicted octanol–water partition coefficient (Wildman–Crippen LogP) is 3.17. The van der Waals surface area contributed by atoms with Crippen LogP contribution in [0.1, 0.15) is 43.7 Å². The third-order valence-electron chi connectivity index (χ3n) is 4.21. The summed E-state index contributed by atoms with van der Waals surface area (Å²) in [6.45, 7) is 6.69. The molecule has 0 amide bonds. The van der Waals surface area contributed by atoms with Crippen molar-refractivity contribution in [3.63, 3.8) is 0 Å². The molecule has 1 aromatic carbocycles. The fourth-order valence-corrected chi connectivity index (χ4v) is 2.76. The first-order chi connectivity index (χ1) is 9.35. The van der Waals surface area contributed by atoms with Crippen molar-refractivity contribution in [2.24, 2.45) is 5.92 Å². The lowest BCUT2D eigenvalue weighted by atomic mass is 10.1. The summed E-state index contributed by atoms with van der Waals surface area (Å²) in [5.74, 6) is 1.01. The first kappa shape index (κ1) is 13.1. The molecule has 2 aliphatic carbocycles. The van der Waals surface area contributed by atoms with Gasteiger partial charge >= 0.3 is 0 Å². The third kappa shape index (κ3) is 4.05. The van der Waals surface area contributed by atoms with E-state index in [1.807, 2.05) is 0 Å². The average Bonchev–Trinajstić information content (AvgIpc) is 3.28. The highest BCUT2D eigenvalue weighted by atomic mass is 15.2. The molecule has 0 saturated heterocycles. The van der Waals surface area contributed by atoms with Gasteiger partial charge in [-0.3, -0.25) is 4.90 Å². The summed E-state index contributed by atoms with van der Waals surface area (Å²) < 4.78 is 0. The number of hydrogen-bond acceptors (Lipinski definition) is 2. The van der Waals surface area contributed by atoms with Crippen molar-refractivity contribution in [3.05, 3.63) is 35.4 Å². The number of rotatable bonds is 8. The predicted molar refractivity (Wildman–Crippen MR) is 80.0 cm³/mol. The molecule has 2 nitrogen and oxygen atoms in total. The maximum Gasteiger partial charge on any atom is 0.0236 e. The summed E-state index contributed by atoms with van der Waals surface area (Å²) in [7, 11) is 0. The third-order valence-corrected chi connectivity index (χ3v) is 4.21. The largest absolute Gasteiger partial charge is 0.313 e. The number of hydrogen-bond donors (Lipinski definition) is 1. The molecular weight excluding hydrogens is 232 g/mol. The minimum atomic E-state index is 0.887. The first-order valence-electron chi connectivity index (χ1n) is 7.87. The number of nitrogens with one attached hydrogen (secondary N) is 1. The molecule has 0 bridgehead atoms. The standard InChI is InChI=1S/C17H26N2/c1-2-18-11-15-4-3-5-16(10-15)13-19(17-8-9-17)12-14-6-7-14/h3-5,10,14,17-18H,2,6-9,11-13H2,1H3. The summed E-state index contributed by atoms with van der Waals surface area (Å²) in [5, 5.41) is 3.41. The van der Waals surface area contributed by atoms with Crippen LogP contribution in [0.3, 0.4) is 0 Å². The van der Waals surface area contributed by atoms with E-state index in [2.05, 4.69) is 41.4 Å². The van der Waals surface area contributed by atoms with Gasteiger partial charge < -0.3 is 5.32 Å². The molecule has 2 fully saturated rings. The Hall–Kier alpha value is -0.860. The van der Waals surface area contributed by atoms with Crippen LogP contribution in [0.2, 0.25) is 0 Å². The summed E-state index contributed by atoms with van der Waals surface area (Å²) in [4.78, 5) is 2.73. The van der Waals surface area contributed by atoms with Crippen LogP contribution in [0.25, 0.3) is 0 Å². The molecule has 0 heterocycles. The second-order valence-corrected chi connectivity index (χ2v) is 6.20. The molecule has 2 heteroatoms. The summed E-state index contributed by atoms with van der Waals surface area (Å²) in [6.07, 6.45) is 5.76. The van der Waals surface area contributed by atoms with E-state index in [0.717, 1.165) is 31.6 Å². The zero-order valence-corrected chi connectivity index (χ0v) is 12.1. The Morgan fingerprint density at radius 3 is 2.63 bits per heavy atom. The summed E-state index contributed by atoms with van der Waals surface area (Å²) >= 11 is 0. The Kier molecular flexibility index (Phi) is 4.19. The second kappa shape index (κ2) is 6.06. The normalized spacial score (nSPS) is 19.1. The molecule has 1 aromatic rings. The van der Waals surface area contributed by atoms with E-state index in [9.17, 15) is 0 Å². The fourth-order valence-electron chi connectivity index (χ4n) is 2.76. The minimum Gasteiger partial charge on any atom is -0.313 e. The van der Waals surface area contributed by atoms with Gasteiger partial charge in [0.15, 0.2) is 0 Å². The topological polar surface area (TPSA) is 15.3 Å². The molecule has 0 radical (unpaired) electrons. The van der Waals surface area contributed by atoms with E-state index in [-0.39, 0.29) is 0 Å². The number of benzene rings is 1. The van der Waals surface area contributed by atoms with Crippen LogP contribution in [-0.2, 0) is 13.1 Å². The highest BCUT2D eigenvalue weighted by Gasteiger charge is 2.33. The smallest absolute Gasteiger partial charge is 0.0236 e. The van der Waals surface area contributed by atoms with E-state index in [4.69, 9.17) is 0 Å². The highest BCUT2D eigenvalue weighted by molar-refractivity contribution is 5.23. The van der Waals surface area contributed by atoms with Gasteiger partial charge in [-0.15, -0.1) is 0 Å². The molecule has 0 spiro atoms. The highest BCUT2D eigenvalue weighted by Crippen LogP contribution is 2.35. The molecule has 104 valence electrons. The molecule has 3 rings (SSSR count). The van der Waals surface area contributed by atoms with Crippen molar-refractivity contribution in [2.75, 3.05) is 13.1 Å². The molecular formula is C17H26N2. The Balaban J connectivity index is 1.59. The molecule has 0 aliphatic heterocycles. The Morgan fingerprint density at radius 2 is 1.95 bits per heavy atom. The molecule has 19 heavy (non-hydrogen) atoms. The number of nitrogens with zero attached hydrogens (tertiary/aromatic N) is 1. The Morgan fingerprint density at radius 1 is 1.16 bits per heavy atom. The first-order valence-corrected chi connectivity index (χ1v) is 7.87. The van der Waals surface area contributed by atoms with Crippen LogP contribution in [0.4, 0.5) is 0 Å². The minimum absolute atomic E-state index is 0.887. The molecule has 2 saturated carbocycles. The van der Waals surface area contributed by atoms with Gasteiger partial charge in [0, 0.05) is 25.7 Å². The molecule has 0 unspecified atom stereocenters. The van der Waals surface area contributed by atoms with Crippen LogP contribution in [-0.4, -0.2) is 24.0 Å². The second-order valence-electron chi connectivity index (χ2n) is 6.20. The van der Waals surface area contributed by atoms with Crippen LogP contribution >= 0.6 is 0 Å². The van der Waals surface area contributed by atoms with E-state index in [1.165, 1.54) is 43.4 Å². The lowest BCUT2D eigenvalue weighted by molar-refractivity contribution is 0.244. The van der Waals surface area contributed by atoms with Gasteiger partial charge in [0.05, 0.1) is 0 Å². The lowest BCUT2D eigenvalue weighted by Gasteiger charge is -2.22. The maximum absolute atomic E-state index is 3.41. The van der Waals surface area contributed by atoms with Crippen molar-refractivity contribution in [1.29, 1.82) is 0 Å². The van der Waals surface area contributed by atoms with Crippen molar-refractivity contribution in [2.45, 2.75) is 51.7 Å². The molecule has 0 aromatic heterocycles. The van der Waals surface area contributed by atoms with Gasteiger partial charge in [-0.05, 0) is 49.3 Å². The van der Waals surface area contributed by atoms with Crippen LogP contribution < -0.4 is 5.32 Å². The van der Waals surface area contributed by atoms with E-state index in [1.54, 1.807) is 0 Å². The quantitative estimate of drug-likeness (QED) is 0.770. The van der Waals surface area contributed by atoms with Crippen LogP contribution in [0.15, 0.2) is 24.3 Å². The monoisotopic (exact) mass is 258 g/mol. The van der Waals surface area contributed by atoms with Crippen LogP contribution in [0, 0.1) is 5.92 Å². The SMILES string of the molecule is CCNCc1cccc(CN(CC2CC2)C2CC2)c1. The van der Waals surface area contributed by atoms with Gasteiger partial charge in [-0.25, -0.2) is 0 Å². The van der Waals surface area contributed by atoms with Crippen molar-refractivity contribution < 1.29 is 0 Å². The lowest BCUT2D eigenvalue weighted by Crippen LogP contribution is -2.27. The van der Waals surface area contributed by atoms with E-state index < -0.39 is 0 Å². The maximum atomic E-state index is 3.41. The van der Waals surface area contributed by atoms with Crippen LogP contribution in [0.5, 0.6) is 0 Å². The zero-order chi connectivity index (χ0) is 13.1. The molecule has 1 N–H and O–H groups in total. The van der Waals surface area contributed by atoms with Gasteiger partial charge in [0.2, 0.25) is 0 Å². The molecule has 2 aliphatic rings. The van der Waals surface area contributed by atoms with Gasteiger partial charge in [-0.2, -0.15) is 0 Å². The van der Waals surface area contributed by atoms with Gasteiger partial charge in [0.1, 0.15) is 0 Å². The summed E-state index contributed by atoms with van der Waals surface area (Å²) in [6, 6.07) is 10.00. The Bertz CT molecular complexity index is 407. The van der Waals surface area contributed by atoms with E-state index >= 15 is 0 Å². The molecule has 0 atom stereocenters. The fraction of sp³-hybridized carbons (Fsp3) is 0.647. The van der Waals surface area contributed by atoms with Gasteiger partial charge in [0.25, 0.3) is 0 Å². The average molecular weight is 258 g/mol. The van der Waals surface area contributed by atoms with E-state index in [0.29, 0.717) is 0 Å². The summed E-state index contributed by atoms with van der Waals surface area (Å²) in [5.41, 5.74) is 2.91.